The Bertz CT molecular complexity index is 1280. The molecule has 1 unspecified atom stereocenters. The van der Waals surface area contributed by atoms with Gasteiger partial charge in [0.2, 0.25) is 10.0 Å². The number of amides is 1. The van der Waals surface area contributed by atoms with E-state index in [2.05, 4.69) is 19.1 Å². The fourth-order valence-corrected chi connectivity index (χ4v) is 6.96. The SMILES string of the molecule is CCN(CC)S(=O)(=O)c1ccc(C(=O)N(CC2CCCO2)c2nc3c(C)cc(C)cc3s2)cc1. The first-order chi connectivity index (χ1) is 16.2. The lowest BCUT2D eigenvalue weighted by atomic mass is 10.1. The van der Waals surface area contributed by atoms with Crippen molar-refractivity contribution in [3.8, 4) is 0 Å². The number of fused-ring (bicyclic) bond motifs is 1. The van der Waals surface area contributed by atoms with Crippen LogP contribution in [0, 0.1) is 13.8 Å². The Labute approximate surface area is 205 Å². The van der Waals surface area contributed by atoms with Gasteiger partial charge in [-0.05, 0) is 68.1 Å². The van der Waals surface area contributed by atoms with Crippen LogP contribution in [0.1, 0.15) is 48.2 Å². The second kappa shape index (κ2) is 10.1. The van der Waals surface area contributed by atoms with E-state index in [1.165, 1.54) is 27.8 Å². The van der Waals surface area contributed by atoms with E-state index >= 15 is 0 Å². The van der Waals surface area contributed by atoms with Crippen LogP contribution in [-0.2, 0) is 14.8 Å². The molecule has 7 nitrogen and oxygen atoms in total. The van der Waals surface area contributed by atoms with E-state index in [4.69, 9.17) is 9.72 Å². The number of benzene rings is 2. The first-order valence-electron chi connectivity index (χ1n) is 11.7. The molecule has 1 aromatic heterocycles. The highest BCUT2D eigenvalue weighted by Gasteiger charge is 2.28. The lowest BCUT2D eigenvalue weighted by molar-refractivity contribution is 0.0917. The summed E-state index contributed by atoms with van der Waals surface area (Å²) in [4.78, 5) is 20.3. The van der Waals surface area contributed by atoms with Crippen molar-refractivity contribution < 1.29 is 17.9 Å². The molecule has 4 rings (SSSR count). The zero-order chi connectivity index (χ0) is 24.5. The van der Waals surface area contributed by atoms with E-state index in [9.17, 15) is 13.2 Å². The van der Waals surface area contributed by atoms with Gasteiger partial charge >= 0.3 is 0 Å². The molecule has 1 fully saturated rings. The molecule has 0 spiro atoms. The largest absolute Gasteiger partial charge is 0.376 e. The second-order valence-electron chi connectivity index (χ2n) is 8.59. The quantitative estimate of drug-likeness (QED) is 0.444. The predicted octanol–water partition coefficient (Wildman–Crippen LogP) is 4.77. The molecular weight excluding hydrogens is 470 g/mol. The maximum Gasteiger partial charge on any atom is 0.260 e. The van der Waals surface area contributed by atoms with Crippen LogP contribution in [0.25, 0.3) is 10.2 Å². The maximum atomic E-state index is 13.6. The molecule has 1 amide bonds. The van der Waals surface area contributed by atoms with Crippen molar-refractivity contribution in [1.82, 2.24) is 9.29 Å². The third kappa shape index (κ3) is 4.88. The first kappa shape index (κ1) is 24.8. The third-order valence-corrected chi connectivity index (χ3v) is 9.24. The molecule has 1 aliphatic rings. The molecule has 2 heterocycles. The topological polar surface area (TPSA) is 79.8 Å². The molecule has 0 radical (unpaired) electrons. The van der Waals surface area contributed by atoms with E-state index in [-0.39, 0.29) is 16.9 Å². The van der Waals surface area contributed by atoms with E-state index < -0.39 is 10.0 Å². The summed E-state index contributed by atoms with van der Waals surface area (Å²) in [5, 5.41) is 0.629. The van der Waals surface area contributed by atoms with Crippen LogP contribution in [0.5, 0.6) is 0 Å². The van der Waals surface area contributed by atoms with Crippen LogP contribution in [0.3, 0.4) is 0 Å². The number of hydrogen-bond acceptors (Lipinski definition) is 6. The minimum absolute atomic E-state index is 0.0406. The van der Waals surface area contributed by atoms with Crippen molar-refractivity contribution in [2.45, 2.75) is 51.5 Å². The minimum atomic E-state index is -3.58. The highest BCUT2D eigenvalue weighted by molar-refractivity contribution is 7.89. The van der Waals surface area contributed by atoms with Gasteiger partial charge in [-0.25, -0.2) is 13.4 Å². The van der Waals surface area contributed by atoms with Gasteiger partial charge in [0.1, 0.15) is 0 Å². The van der Waals surface area contributed by atoms with Crippen molar-refractivity contribution >= 4 is 42.6 Å². The first-order valence-corrected chi connectivity index (χ1v) is 13.9. The van der Waals surface area contributed by atoms with Gasteiger partial charge in [0.25, 0.3) is 5.91 Å². The van der Waals surface area contributed by atoms with Gasteiger partial charge in [-0.15, -0.1) is 0 Å². The number of nitrogens with zero attached hydrogens (tertiary/aromatic N) is 3. The fraction of sp³-hybridized carbons (Fsp3) is 0.440. The average Bonchev–Trinajstić information content (AvgIpc) is 3.47. The van der Waals surface area contributed by atoms with Crippen LogP contribution < -0.4 is 4.90 Å². The number of aryl methyl sites for hydroxylation is 2. The fourth-order valence-electron chi connectivity index (χ4n) is 4.35. The van der Waals surface area contributed by atoms with Crippen LogP contribution in [-0.4, -0.2) is 56.0 Å². The summed E-state index contributed by atoms with van der Waals surface area (Å²) < 4.78 is 33.9. The smallest absolute Gasteiger partial charge is 0.260 e. The molecule has 0 bridgehead atoms. The number of rotatable bonds is 8. The van der Waals surface area contributed by atoms with Gasteiger partial charge in [-0.2, -0.15) is 4.31 Å². The molecule has 2 aromatic carbocycles. The third-order valence-electron chi connectivity index (χ3n) is 6.15. The Balaban J connectivity index is 1.68. The Hall–Kier alpha value is -2.33. The summed E-state index contributed by atoms with van der Waals surface area (Å²) in [6, 6.07) is 10.4. The minimum Gasteiger partial charge on any atom is -0.376 e. The van der Waals surface area contributed by atoms with E-state index in [0.29, 0.717) is 36.9 Å². The monoisotopic (exact) mass is 501 g/mol. The molecule has 1 atom stereocenters. The zero-order valence-electron chi connectivity index (χ0n) is 20.1. The number of sulfonamides is 1. The summed E-state index contributed by atoms with van der Waals surface area (Å²) in [7, 11) is -3.58. The number of carbonyl (C=O) groups excluding carboxylic acids is 1. The molecule has 1 aliphatic heterocycles. The molecule has 0 aliphatic carbocycles. The van der Waals surface area contributed by atoms with Gasteiger partial charge < -0.3 is 4.74 Å². The van der Waals surface area contributed by atoms with E-state index in [1.54, 1.807) is 17.0 Å². The van der Waals surface area contributed by atoms with Crippen LogP contribution in [0.2, 0.25) is 0 Å². The Morgan fingerprint density at radius 2 is 1.85 bits per heavy atom. The van der Waals surface area contributed by atoms with Crippen LogP contribution >= 0.6 is 11.3 Å². The standard InChI is InChI=1S/C25H31N3O4S2/c1-5-27(6-2)34(30,31)21-11-9-19(10-12-21)24(29)28(16-20-8-7-13-32-20)25-26-23-18(4)14-17(3)15-22(23)33-25/h9-12,14-15,20H,5-8,13,16H2,1-4H3. The molecule has 182 valence electrons. The normalized spacial score (nSPS) is 16.4. The van der Waals surface area contributed by atoms with Crippen molar-refractivity contribution in [2.24, 2.45) is 0 Å². The Morgan fingerprint density at radius 1 is 1.15 bits per heavy atom. The predicted molar refractivity (Wildman–Crippen MR) is 136 cm³/mol. The summed E-state index contributed by atoms with van der Waals surface area (Å²) in [5.74, 6) is -0.212. The summed E-state index contributed by atoms with van der Waals surface area (Å²) in [6.07, 6.45) is 1.83. The molecule has 3 aromatic rings. The highest BCUT2D eigenvalue weighted by Crippen LogP contribution is 2.33. The van der Waals surface area contributed by atoms with Crippen molar-refractivity contribution in [1.29, 1.82) is 0 Å². The molecule has 0 saturated carbocycles. The van der Waals surface area contributed by atoms with Gasteiger partial charge in [-0.1, -0.05) is 31.3 Å². The molecule has 1 saturated heterocycles. The van der Waals surface area contributed by atoms with Crippen LogP contribution in [0.15, 0.2) is 41.3 Å². The van der Waals surface area contributed by atoms with E-state index in [0.717, 1.165) is 34.2 Å². The van der Waals surface area contributed by atoms with Crippen molar-refractivity contribution in [3.05, 3.63) is 53.1 Å². The number of hydrogen-bond donors (Lipinski definition) is 0. The Morgan fingerprint density at radius 3 is 2.47 bits per heavy atom. The lowest BCUT2D eigenvalue weighted by Crippen LogP contribution is -2.37. The van der Waals surface area contributed by atoms with E-state index in [1.807, 2.05) is 20.8 Å². The van der Waals surface area contributed by atoms with Gasteiger partial charge in [0.05, 0.1) is 27.8 Å². The zero-order valence-corrected chi connectivity index (χ0v) is 21.7. The Kier molecular flexibility index (Phi) is 7.37. The van der Waals surface area contributed by atoms with Gasteiger partial charge in [0, 0.05) is 25.3 Å². The highest BCUT2D eigenvalue weighted by atomic mass is 32.2. The maximum absolute atomic E-state index is 13.6. The number of anilines is 1. The molecule has 34 heavy (non-hydrogen) atoms. The number of thiazole rings is 1. The molecule has 0 N–H and O–H groups in total. The van der Waals surface area contributed by atoms with Gasteiger partial charge in [-0.3, -0.25) is 9.69 Å². The molecule has 9 heteroatoms. The van der Waals surface area contributed by atoms with Crippen LogP contribution in [0.4, 0.5) is 5.13 Å². The number of ether oxygens (including phenoxy) is 1. The van der Waals surface area contributed by atoms with Crippen molar-refractivity contribution in [3.63, 3.8) is 0 Å². The second-order valence-corrected chi connectivity index (χ2v) is 11.5. The summed E-state index contributed by atoms with van der Waals surface area (Å²) in [5.41, 5.74) is 3.55. The lowest BCUT2D eigenvalue weighted by Gasteiger charge is -2.23. The number of carbonyl (C=O) groups is 1. The van der Waals surface area contributed by atoms with Gasteiger partial charge in [0.15, 0.2) is 5.13 Å². The molecular formula is C25H31N3O4S2. The average molecular weight is 502 g/mol. The summed E-state index contributed by atoms with van der Waals surface area (Å²) >= 11 is 1.49. The number of aromatic nitrogens is 1. The summed E-state index contributed by atoms with van der Waals surface area (Å²) in [6.45, 7) is 9.59. The van der Waals surface area contributed by atoms with Crippen molar-refractivity contribution in [2.75, 3.05) is 31.1 Å².